The number of aliphatic carboxylic acids is 3. The van der Waals surface area contributed by atoms with Gasteiger partial charge in [0.05, 0.1) is 0 Å². The third-order valence-corrected chi connectivity index (χ3v) is 5.86. The highest BCUT2D eigenvalue weighted by atomic mass is 19.4. The van der Waals surface area contributed by atoms with Crippen molar-refractivity contribution in [2.24, 2.45) is 0 Å². The van der Waals surface area contributed by atoms with E-state index in [-0.39, 0.29) is 0 Å². The summed E-state index contributed by atoms with van der Waals surface area (Å²) in [7, 11) is 0. The molecule has 0 amide bonds. The van der Waals surface area contributed by atoms with E-state index in [1.54, 1.807) is 6.20 Å². The molecule has 0 bridgehead atoms. The van der Waals surface area contributed by atoms with Crippen LogP contribution >= 0.6 is 0 Å². The van der Waals surface area contributed by atoms with E-state index in [1.807, 2.05) is 41.4 Å². The van der Waals surface area contributed by atoms with Crippen LogP contribution in [-0.4, -0.2) is 94.3 Å². The smallest absolute Gasteiger partial charge is 0.475 e. The molecule has 4 aromatic heterocycles. The molecule has 1 fully saturated rings. The topological polar surface area (TPSA) is 171 Å². The summed E-state index contributed by atoms with van der Waals surface area (Å²) in [6.07, 6.45) is -4.76. The number of alkyl halides is 9. The van der Waals surface area contributed by atoms with Gasteiger partial charge in [0.1, 0.15) is 0 Å². The summed E-state index contributed by atoms with van der Waals surface area (Å²) < 4.78 is 97.1. The zero-order valence-electron chi connectivity index (χ0n) is 23.9. The molecule has 0 saturated carbocycles. The minimum absolute atomic E-state index is 0.383. The summed E-state index contributed by atoms with van der Waals surface area (Å²) in [6, 6.07) is 12.3. The lowest BCUT2D eigenvalue weighted by Crippen LogP contribution is -2.21. The highest BCUT2D eigenvalue weighted by molar-refractivity contribution is 5.73. The van der Waals surface area contributed by atoms with E-state index >= 15 is 0 Å². The van der Waals surface area contributed by atoms with Crippen molar-refractivity contribution in [3.8, 4) is 11.1 Å². The van der Waals surface area contributed by atoms with E-state index in [4.69, 9.17) is 39.8 Å². The molecule has 1 aliphatic rings. The van der Waals surface area contributed by atoms with Crippen LogP contribution in [0.2, 0.25) is 0 Å². The van der Waals surface area contributed by atoms with Gasteiger partial charge in [-0.2, -0.15) is 44.6 Å². The van der Waals surface area contributed by atoms with E-state index in [0.29, 0.717) is 5.92 Å². The monoisotopic (exact) mass is 698 g/mol. The zero-order chi connectivity index (χ0) is 36.3. The van der Waals surface area contributed by atoms with Crippen molar-refractivity contribution in [3.63, 3.8) is 0 Å². The highest BCUT2D eigenvalue weighted by Crippen LogP contribution is 2.27. The normalized spacial score (nSPS) is 14.8. The second-order valence-corrected chi connectivity index (χ2v) is 9.42. The van der Waals surface area contributed by atoms with Gasteiger partial charge in [-0.1, -0.05) is 6.07 Å². The Kier molecular flexibility index (Phi) is 13.3. The molecule has 1 atom stereocenters. The lowest BCUT2D eigenvalue weighted by molar-refractivity contribution is -0.193. The first kappa shape index (κ1) is 38.8. The number of aromatic nitrogens is 5. The third-order valence-electron chi connectivity index (χ3n) is 5.86. The van der Waals surface area contributed by atoms with Gasteiger partial charge in [0, 0.05) is 61.1 Å². The largest absolute Gasteiger partial charge is 0.490 e. The van der Waals surface area contributed by atoms with Crippen LogP contribution in [0.3, 0.4) is 0 Å². The van der Waals surface area contributed by atoms with Crippen LogP contribution < -0.4 is 0 Å². The van der Waals surface area contributed by atoms with Crippen molar-refractivity contribution < 1.29 is 69.2 Å². The van der Waals surface area contributed by atoms with Gasteiger partial charge < -0.3 is 15.3 Å². The number of pyridine rings is 3. The van der Waals surface area contributed by atoms with Crippen molar-refractivity contribution in [3.05, 3.63) is 78.8 Å². The fraction of sp³-hybridized carbons (Fsp3) is 0.296. The van der Waals surface area contributed by atoms with Crippen molar-refractivity contribution >= 4 is 23.6 Å². The molecular formula is C27H23F9N6O6. The number of carbonyl (C=O) groups is 3. The number of nitrogens with zero attached hydrogens (tertiary/aromatic N) is 6. The van der Waals surface area contributed by atoms with Crippen molar-refractivity contribution in [1.29, 1.82) is 0 Å². The Labute approximate surface area is 263 Å². The molecule has 0 radical (unpaired) electrons. The van der Waals surface area contributed by atoms with Crippen LogP contribution in [0.25, 0.3) is 16.8 Å². The Morgan fingerprint density at radius 2 is 1.29 bits per heavy atom. The van der Waals surface area contributed by atoms with Crippen molar-refractivity contribution in [2.75, 3.05) is 13.1 Å². The first-order valence-corrected chi connectivity index (χ1v) is 13.0. The molecule has 5 rings (SSSR count). The Morgan fingerprint density at radius 3 is 1.77 bits per heavy atom. The van der Waals surface area contributed by atoms with Gasteiger partial charge in [0.15, 0.2) is 11.5 Å². The molecule has 0 aliphatic carbocycles. The van der Waals surface area contributed by atoms with E-state index in [2.05, 4.69) is 39.1 Å². The maximum Gasteiger partial charge on any atom is 0.490 e. The van der Waals surface area contributed by atoms with Gasteiger partial charge in [-0.15, -0.1) is 0 Å². The predicted octanol–water partition coefficient (Wildman–Crippen LogP) is 5.08. The Morgan fingerprint density at radius 1 is 0.750 bits per heavy atom. The van der Waals surface area contributed by atoms with E-state index in [9.17, 15) is 39.5 Å². The minimum atomic E-state index is -5.08. The number of hydrogen-bond acceptors (Lipinski definition) is 8. The average Bonchev–Trinajstić information content (AvgIpc) is 3.64. The second kappa shape index (κ2) is 16.5. The summed E-state index contributed by atoms with van der Waals surface area (Å²) >= 11 is 0. The molecule has 1 unspecified atom stereocenters. The lowest BCUT2D eigenvalue weighted by atomic mass is 10.1. The number of hydrogen-bond donors (Lipinski definition) is 3. The van der Waals surface area contributed by atoms with E-state index in [0.717, 1.165) is 48.7 Å². The standard InChI is InChI=1S/C21H20N6.3C2HF3O2/c1-2-17(12-23-8-1)18-3-4-20-24-21(25-27(20)15-18)19-7-11-26(14-19)13-16-5-9-22-10-6-16;3*3-2(4,5)1(6)7/h1-6,8-10,12,15,19H,7,11,13-14H2;3*(H,6,7). The number of fused-ring (bicyclic) bond motifs is 1. The number of carboxylic acid groups (broad SMARTS) is 3. The molecule has 3 N–H and O–H groups in total. The molecule has 0 aromatic carbocycles. The average molecular weight is 698 g/mol. The van der Waals surface area contributed by atoms with Crippen LogP contribution in [0.4, 0.5) is 39.5 Å². The van der Waals surface area contributed by atoms with E-state index < -0.39 is 36.4 Å². The molecule has 5 heterocycles. The van der Waals surface area contributed by atoms with Gasteiger partial charge in [-0.3, -0.25) is 14.9 Å². The maximum absolute atomic E-state index is 10.6. The van der Waals surface area contributed by atoms with E-state index in [1.165, 1.54) is 5.56 Å². The molecule has 1 aliphatic heterocycles. The first-order chi connectivity index (χ1) is 22.2. The highest BCUT2D eigenvalue weighted by Gasteiger charge is 2.39. The van der Waals surface area contributed by atoms with Crippen LogP contribution in [0.15, 0.2) is 67.4 Å². The van der Waals surface area contributed by atoms with Gasteiger partial charge >= 0.3 is 36.4 Å². The first-order valence-electron chi connectivity index (χ1n) is 13.0. The molecular weight excluding hydrogens is 675 g/mol. The lowest BCUT2D eigenvalue weighted by Gasteiger charge is -2.14. The van der Waals surface area contributed by atoms with Crippen LogP contribution in [-0.2, 0) is 20.9 Å². The molecule has 12 nitrogen and oxygen atoms in total. The van der Waals surface area contributed by atoms with Gasteiger partial charge in [0.25, 0.3) is 0 Å². The minimum Gasteiger partial charge on any atom is -0.475 e. The molecule has 0 spiro atoms. The van der Waals surface area contributed by atoms with Crippen molar-refractivity contribution in [1.82, 2.24) is 29.5 Å². The SMILES string of the molecule is O=C(O)C(F)(F)F.O=C(O)C(F)(F)F.O=C(O)C(F)(F)F.c1cncc(-c2ccc3nc(C4CCN(Cc5ccncc5)C4)nn3c2)c1. The van der Waals surface area contributed by atoms with Gasteiger partial charge in [-0.25, -0.2) is 23.9 Å². The van der Waals surface area contributed by atoms with Crippen LogP contribution in [0, 0.1) is 0 Å². The maximum atomic E-state index is 10.6. The molecule has 21 heteroatoms. The molecule has 4 aromatic rings. The second-order valence-electron chi connectivity index (χ2n) is 9.42. The van der Waals surface area contributed by atoms with Gasteiger partial charge in [-0.05, 0) is 48.9 Å². The summed E-state index contributed by atoms with van der Waals surface area (Å²) in [5.41, 5.74) is 4.37. The summed E-state index contributed by atoms with van der Waals surface area (Å²) in [5, 5.41) is 26.1. The number of likely N-dealkylation sites (tertiary alicyclic amines) is 1. The third kappa shape index (κ3) is 12.8. The Balaban J connectivity index is 0.000000313. The molecule has 1 saturated heterocycles. The quantitative estimate of drug-likeness (QED) is 0.243. The Hall–Kier alpha value is -5.34. The summed E-state index contributed by atoms with van der Waals surface area (Å²) in [5.74, 6) is -6.95. The van der Waals surface area contributed by atoms with Crippen LogP contribution in [0.1, 0.15) is 23.7 Å². The summed E-state index contributed by atoms with van der Waals surface area (Å²) in [6.45, 7) is 3.02. The zero-order valence-corrected chi connectivity index (χ0v) is 23.9. The Bertz CT molecular complexity index is 1590. The summed E-state index contributed by atoms with van der Waals surface area (Å²) in [4.78, 5) is 42.2. The predicted molar refractivity (Wildman–Crippen MR) is 144 cm³/mol. The number of halogens is 9. The molecule has 260 valence electrons. The molecule has 48 heavy (non-hydrogen) atoms. The van der Waals surface area contributed by atoms with Crippen LogP contribution in [0.5, 0.6) is 0 Å². The number of rotatable bonds is 4. The number of carboxylic acids is 3. The van der Waals surface area contributed by atoms with Gasteiger partial charge in [0.2, 0.25) is 0 Å². The fourth-order valence-electron chi connectivity index (χ4n) is 3.71. The van der Waals surface area contributed by atoms with Crippen molar-refractivity contribution in [2.45, 2.75) is 37.4 Å². The fourth-order valence-corrected chi connectivity index (χ4v) is 3.71.